The Labute approximate surface area is 107 Å². The van der Waals surface area contributed by atoms with Crippen molar-refractivity contribution < 1.29 is 4.74 Å². The van der Waals surface area contributed by atoms with E-state index in [4.69, 9.17) is 16.3 Å². The average Bonchev–Trinajstić information content (AvgIpc) is 2.38. The number of fused-ring (bicyclic) bond motifs is 1. The van der Waals surface area contributed by atoms with Gasteiger partial charge in [0.2, 0.25) is 0 Å². The molecule has 0 heterocycles. The molecule has 17 heavy (non-hydrogen) atoms. The van der Waals surface area contributed by atoms with Gasteiger partial charge in [0.25, 0.3) is 0 Å². The van der Waals surface area contributed by atoms with Gasteiger partial charge in [0, 0.05) is 5.56 Å². The molecule has 0 saturated heterocycles. The first-order valence-electron chi connectivity index (χ1n) is 6.06. The van der Waals surface area contributed by atoms with E-state index in [0.717, 1.165) is 30.8 Å². The number of rotatable bonds is 5. The number of hydrogen-bond acceptors (Lipinski definition) is 1. The van der Waals surface area contributed by atoms with Crippen LogP contribution in [0.5, 0.6) is 5.75 Å². The van der Waals surface area contributed by atoms with Crippen LogP contribution in [-0.2, 0) is 5.88 Å². The maximum absolute atomic E-state index is 6.04. The Kier molecular flexibility index (Phi) is 4.27. The monoisotopic (exact) mass is 248 g/mol. The molecule has 2 rings (SSSR count). The maximum atomic E-state index is 6.04. The first-order valence-corrected chi connectivity index (χ1v) is 6.59. The second-order valence-corrected chi connectivity index (χ2v) is 4.37. The highest BCUT2D eigenvalue weighted by Gasteiger charge is 2.07. The SMILES string of the molecule is CCCCOc1ccc2ccccc2c1CCl. The van der Waals surface area contributed by atoms with Gasteiger partial charge in [-0.3, -0.25) is 0 Å². The smallest absolute Gasteiger partial charge is 0.124 e. The summed E-state index contributed by atoms with van der Waals surface area (Å²) in [7, 11) is 0. The third-order valence-corrected chi connectivity index (χ3v) is 3.15. The van der Waals surface area contributed by atoms with Crippen molar-refractivity contribution in [3.63, 3.8) is 0 Å². The summed E-state index contributed by atoms with van der Waals surface area (Å²) in [6.45, 7) is 2.92. The van der Waals surface area contributed by atoms with Crippen LogP contribution in [0.3, 0.4) is 0 Å². The molecule has 0 unspecified atom stereocenters. The minimum atomic E-state index is 0.489. The van der Waals surface area contributed by atoms with E-state index in [-0.39, 0.29) is 0 Å². The Morgan fingerprint density at radius 3 is 2.71 bits per heavy atom. The van der Waals surface area contributed by atoms with Crippen molar-refractivity contribution in [2.24, 2.45) is 0 Å². The number of hydrogen-bond donors (Lipinski definition) is 0. The van der Waals surface area contributed by atoms with Gasteiger partial charge in [-0.25, -0.2) is 0 Å². The Hall–Kier alpha value is -1.21. The van der Waals surface area contributed by atoms with Crippen molar-refractivity contribution in [2.75, 3.05) is 6.61 Å². The second-order valence-electron chi connectivity index (χ2n) is 4.10. The van der Waals surface area contributed by atoms with Crippen LogP contribution in [0.15, 0.2) is 36.4 Å². The third-order valence-electron chi connectivity index (χ3n) is 2.89. The van der Waals surface area contributed by atoms with Crippen molar-refractivity contribution in [2.45, 2.75) is 25.6 Å². The van der Waals surface area contributed by atoms with Crippen LogP contribution >= 0.6 is 11.6 Å². The summed E-state index contributed by atoms with van der Waals surface area (Å²) in [4.78, 5) is 0. The molecular formula is C15H17ClO. The van der Waals surface area contributed by atoms with Crippen LogP contribution in [0, 0.1) is 0 Å². The van der Waals surface area contributed by atoms with Gasteiger partial charge in [-0.2, -0.15) is 0 Å². The van der Waals surface area contributed by atoms with Gasteiger partial charge in [0.15, 0.2) is 0 Å². The average molecular weight is 249 g/mol. The Balaban J connectivity index is 2.35. The Morgan fingerprint density at radius 1 is 1.12 bits per heavy atom. The lowest BCUT2D eigenvalue weighted by atomic mass is 10.0. The molecule has 0 aromatic heterocycles. The van der Waals surface area contributed by atoms with Crippen molar-refractivity contribution >= 4 is 22.4 Å². The molecule has 2 aromatic carbocycles. The highest BCUT2D eigenvalue weighted by molar-refractivity contribution is 6.18. The number of unbranched alkanes of at least 4 members (excludes halogenated alkanes) is 1. The molecule has 0 radical (unpaired) electrons. The largest absolute Gasteiger partial charge is 0.493 e. The van der Waals surface area contributed by atoms with Crippen LogP contribution in [0.1, 0.15) is 25.3 Å². The lowest BCUT2D eigenvalue weighted by Gasteiger charge is -2.12. The quantitative estimate of drug-likeness (QED) is 0.548. The standard InChI is InChI=1S/C15H17ClO/c1-2-3-10-17-15-9-8-12-6-4-5-7-13(12)14(15)11-16/h4-9H,2-3,10-11H2,1H3. The molecule has 2 aromatic rings. The van der Waals surface area contributed by atoms with Gasteiger partial charge in [-0.05, 0) is 23.3 Å². The lowest BCUT2D eigenvalue weighted by molar-refractivity contribution is 0.307. The van der Waals surface area contributed by atoms with Gasteiger partial charge < -0.3 is 4.74 Å². The van der Waals surface area contributed by atoms with Gasteiger partial charge in [-0.15, -0.1) is 11.6 Å². The molecule has 0 aliphatic heterocycles. The highest BCUT2D eigenvalue weighted by atomic mass is 35.5. The molecule has 0 bridgehead atoms. The van der Waals surface area contributed by atoms with E-state index in [1.54, 1.807) is 0 Å². The van der Waals surface area contributed by atoms with Crippen molar-refractivity contribution in [3.8, 4) is 5.75 Å². The normalized spacial score (nSPS) is 10.7. The number of halogens is 1. The second kappa shape index (κ2) is 5.92. The summed E-state index contributed by atoms with van der Waals surface area (Å²) in [5.41, 5.74) is 1.10. The summed E-state index contributed by atoms with van der Waals surface area (Å²) in [6.07, 6.45) is 2.22. The molecule has 0 aliphatic rings. The van der Waals surface area contributed by atoms with Gasteiger partial charge in [-0.1, -0.05) is 43.7 Å². The molecule has 0 amide bonds. The van der Waals surface area contributed by atoms with Crippen LogP contribution in [0.4, 0.5) is 0 Å². The van der Waals surface area contributed by atoms with Crippen LogP contribution in [0.25, 0.3) is 10.8 Å². The first-order chi connectivity index (χ1) is 8.36. The number of alkyl halides is 1. The van der Waals surface area contributed by atoms with Crippen LogP contribution in [0.2, 0.25) is 0 Å². The van der Waals surface area contributed by atoms with Crippen molar-refractivity contribution in [1.29, 1.82) is 0 Å². The topological polar surface area (TPSA) is 9.23 Å². The van der Waals surface area contributed by atoms with E-state index in [9.17, 15) is 0 Å². The van der Waals surface area contributed by atoms with Gasteiger partial charge >= 0.3 is 0 Å². The van der Waals surface area contributed by atoms with Crippen LogP contribution in [-0.4, -0.2) is 6.61 Å². The first kappa shape index (κ1) is 12.3. The van der Waals surface area contributed by atoms with E-state index in [1.807, 2.05) is 18.2 Å². The van der Waals surface area contributed by atoms with E-state index in [2.05, 4.69) is 25.1 Å². The maximum Gasteiger partial charge on any atom is 0.124 e. The predicted molar refractivity (Wildman–Crippen MR) is 73.9 cm³/mol. The summed E-state index contributed by atoms with van der Waals surface area (Å²) in [5.74, 6) is 1.41. The Morgan fingerprint density at radius 2 is 1.94 bits per heavy atom. The zero-order valence-electron chi connectivity index (χ0n) is 10.1. The number of ether oxygens (including phenoxy) is 1. The predicted octanol–water partition coefficient (Wildman–Crippen LogP) is 4.76. The lowest BCUT2D eigenvalue weighted by Crippen LogP contribution is -1.99. The molecular weight excluding hydrogens is 232 g/mol. The minimum Gasteiger partial charge on any atom is -0.493 e. The van der Waals surface area contributed by atoms with E-state index >= 15 is 0 Å². The molecule has 0 fully saturated rings. The zero-order chi connectivity index (χ0) is 12.1. The molecule has 90 valence electrons. The third kappa shape index (κ3) is 2.73. The van der Waals surface area contributed by atoms with E-state index in [1.165, 1.54) is 10.8 Å². The molecule has 0 N–H and O–H groups in total. The molecule has 0 aliphatic carbocycles. The zero-order valence-corrected chi connectivity index (χ0v) is 10.8. The van der Waals surface area contributed by atoms with Gasteiger partial charge in [0.1, 0.15) is 5.75 Å². The summed E-state index contributed by atoms with van der Waals surface area (Å²) >= 11 is 6.04. The summed E-state index contributed by atoms with van der Waals surface area (Å²) in [5, 5.41) is 2.41. The van der Waals surface area contributed by atoms with Crippen molar-refractivity contribution in [1.82, 2.24) is 0 Å². The van der Waals surface area contributed by atoms with E-state index < -0.39 is 0 Å². The molecule has 0 spiro atoms. The Bertz CT molecular complexity index is 493. The molecule has 0 atom stereocenters. The fourth-order valence-corrected chi connectivity index (χ4v) is 2.19. The van der Waals surface area contributed by atoms with E-state index in [0.29, 0.717) is 5.88 Å². The molecule has 2 heteroatoms. The van der Waals surface area contributed by atoms with Gasteiger partial charge in [0.05, 0.1) is 12.5 Å². The number of benzene rings is 2. The molecule has 1 nitrogen and oxygen atoms in total. The van der Waals surface area contributed by atoms with Crippen LogP contribution < -0.4 is 4.74 Å². The fraction of sp³-hybridized carbons (Fsp3) is 0.333. The summed E-state index contributed by atoms with van der Waals surface area (Å²) in [6, 6.07) is 12.4. The van der Waals surface area contributed by atoms with Crippen molar-refractivity contribution in [3.05, 3.63) is 42.0 Å². The fourth-order valence-electron chi connectivity index (χ4n) is 1.92. The minimum absolute atomic E-state index is 0.489. The molecule has 0 saturated carbocycles. The highest BCUT2D eigenvalue weighted by Crippen LogP contribution is 2.29. The summed E-state index contributed by atoms with van der Waals surface area (Å²) < 4.78 is 5.79.